The van der Waals surface area contributed by atoms with Crippen molar-refractivity contribution in [1.29, 1.82) is 0 Å². The van der Waals surface area contributed by atoms with Gasteiger partial charge in [0.1, 0.15) is 24.2 Å². The number of ether oxygens (including phenoxy) is 3. The molecule has 0 saturated carbocycles. The molecule has 17 nitrogen and oxygen atoms in total. The molecule has 0 spiro atoms. The molecule has 4 saturated heterocycles. The molecule has 73 heavy (non-hydrogen) atoms. The predicted octanol–water partition coefficient (Wildman–Crippen LogP) is 3.75. The number of hydrogen-bond acceptors (Lipinski definition) is 13. The molecule has 19 heteroatoms. The summed E-state index contributed by atoms with van der Waals surface area (Å²) in [7, 11) is 3.41. The second-order valence-electron chi connectivity index (χ2n) is 22.0. The van der Waals surface area contributed by atoms with Gasteiger partial charge in [-0.2, -0.15) is 0 Å². The summed E-state index contributed by atoms with van der Waals surface area (Å²) < 4.78 is 19.1. The van der Waals surface area contributed by atoms with E-state index in [9.17, 15) is 28.8 Å². The van der Waals surface area contributed by atoms with Crippen LogP contribution in [0.4, 0.5) is 0 Å². The van der Waals surface area contributed by atoms with E-state index in [0.717, 1.165) is 22.3 Å². The number of carbonyl (C=O) groups excluding carboxylic acids is 6. The van der Waals surface area contributed by atoms with Gasteiger partial charge in [-0.1, -0.05) is 76.2 Å². The Morgan fingerprint density at radius 2 is 1.01 bits per heavy atom. The summed E-state index contributed by atoms with van der Waals surface area (Å²) in [6.07, 6.45) is 4.32. The quantitative estimate of drug-likeness (QED) is 0.105. The number of fused-ring (bicyclic) bond motifs is 4. The molecule has 8 rings (SSSR count). The Morgan fingerprint density at radius 3 is 1.41 bits per heavy atom. The molecule has 1 unspecified atom stereocenters. The number of nitrogens with zero attached hydrogens (tertiary/aromatic N) is 2. The lowest BCUT2D eigenvalue weighted by Gasteiger charge is -2.35. The molecule has 6 amide bonds. The largest absolute Gasteiger partial charge is 0.381 e. The lowest BCUT2D eigenvalue weighted by atomic mass is 9.83. The Kier molecular flexibility index (Phi) is 17.9. The van der Waals surface area contributed by atoms with Gasteiger partial charge in [0.25, 0.3) is 0 Å². The maximum absolute atomic E-state index is 14.5. The van der Waals surface area contributed by atoms with Crippen LogP contribution in [0.25, 0.3) is 0 Å². The van der Waals surface area contributed by atoms with Crippen LogP contribution in [-0.2, 0) is 55.8 Å². The number of likely N-dealkylation sites (N-methyl/N-ethyl adjacent to an activating group) is 2. The first-order valence-corrected chi connectivity index (χ1v) is 28.4. The molecule has 6 N–H and O–H groups in total. The second kappa shape index (κ2) is 23.8. The molecule has 2 aromatic rings. The highest BCUT2D eigenvalue weighted by atomic mass is 32.2. The zero-order valence-electron chi connectivity index (χ0n) is 43.8. The van der Waals surface area contributed by atoms with Gasteiger partial charge in [-0.25, -0.2) is 0 Å². The number of hydrogen-bond donors (Lipinski definition) is 6. The Balaban J connectivity index is 0.816. The molecular formula is C54H78N8O9S2. The maximum Gasteiger partial charge on any atom is 0.246 e. The zero-order valence-corrected chi connectivity index (χ0v) is 45.5. The summed E-state index contributed by atoms with van der Waals surface area (Å²) >= 11 is 3.35. The molecule has 2 aliphatic carbocycles. The van der Waals surface area contributed by atoms with Crippen molar-refractivity contribution in [3.8, 4) is 0 Å². The molecule has 0 aromatic heterocycles. The van der Waals surface area contributed by atoms with Crippen molar-refractivity contribution in [2.24, 2.45) is 10.8 Å². The minimum absolute atomic E-state index is 0.165. The number of thioether (sulfide) groups is 2. The van der Waals surface area contributed by atoms with Crippen LogP contribution in [0.5, 0.6) is 0 Å². The third kappa shape index (κ3) is 12.1. The van der Waals surface area contributed by atoms with Crippen LogP contribution < -0.4 is 31.9 Å². The highest BCUT2D eigenvalue weighted by molar-refractivity contribution is 8.00. The Bertz CT molecular complexity index is 2180. The fourth-order valence-electron chi connectivity index (χ4n) is 11.7. The monoisotopic (exact) mass is 1050 g/mol. The molecule has 0 radical (unpaired) electrons. The third-order valence-corrected chi connectivity index (χ3v) is 18.4. The van der Waals surface area contributed by atoms with E-state index in [2.05, 4.69) is 44.0 Å². The van der Waals surface area contributed by atoms with E-state index >= 15 is 0 Å². The van der Waals surface area contributed by atoms with E-state index in [-0.39, 0.29) is 58.4 Å². The first-order valence-electron chi connectivity index (χ1n) is 26.3. The molecule has 12 atom stereocenters. The number of carbonyl (C=O) groups is 6. The van der Waals surface area contributed by atoms with Crippen LogP contribution in [0.3, 0.4) is 0 Å². The van der Waals surface area contributed by atoms with Crippen molar-refractivity contribution in [1.82, 2.24) is 41.7 Å². The average molecular weight is 1050 g/mol. The number of nitrogens with one attached hydrogen (secondary N) is 6. The molecular weight excluding hydrogens is 969 g/mol. The minimum atomic E-state index is -0.720. The fourth-order valence-corrected chi connectivity index (χ4v) is 14.8. The Hall–Kier alpha value is -4.24. The summed E-state index contributed by atoms with van der Waals surface area (Å²) in [6.45, 7) is 13.5. The van der Waals surface area contributed by atoms with E-state index < -0.39 is 59.2 Å². The van der Waals surface area contributed by atoms with Gasteiger partial charge in [-0.05, 0) is 111 Å². The first kappa shape index (κ1) is 55.0. The van der Waals surface area contributed by atoms with Crippen LogP contribution in [0.15, 0.2) is 48.5 Å². The highest BCUT2D eigenvalue weighted by Gasteiger charge is 2.57. The van der Waals surface area contributed by atoms with Gasteiger partial charge in [-0.15, -0.1) is 23.5 Å². The molecule has 4 heterocycles. The summed E-state index contributed by atoms with van der Waals surface area (Å²) in [4.78, 5) is 86.7. The van der Waals surface area contributed by atoms with Crippen LogP contribution in [0.1, 0.15) is 114 Å². The Morgan fingerprint density at radius 1 is 0.616 bits per heavy atom. The van der Waals surface area contributed by atoms with Gasteiger partial charge < -0.3 is 55.9 Å². The summed E-state index contributed by atoms with van der Waals surface area (Å²) in [5, 5.41) is 18.1. The van der Waals surface area contributed by atoms with Crippen molar-refractivity contribution in [3.63, 3.8) is 0 Å². The molecule has 6 aliphatic rings. The van der Waals surface area contributed by atoms with E-state index in [4.69, 9.17) is 14.2 Å². The SMILES string of the molecule is CN[C@@H](C)C(=O)NC1CCS[C@H]2CC(C)(C)[C@@H](C(=O)N[C@H]3c4ccccc4C[C@H]3OCCCOCCCO[C@@H]3Cc4ccccc4[C@@H]3NC(=O)[C@H]3N4C(=O)[C@@H](NC(=O)[C@H](C)NC)CCS[C@H]4CC3(C)C)N2C1=O. The van der Waals surface area contributed by atoms with E-state index in [1.54, 1.807) is 61.3 Å². The van der Waals surface area contributed by atoms with Crippen LogP contribution >= 0.6 is 23.5 Å². The van der Waals surface area contributed by atoms with Gasteiger partial charge in [0, 0.05) is 39.3 Å². The lowest BCUT2D eigenvalue weighted by Crippen LogP contribution is -2.58. The van der Waals surface area contributed by atoms with Crippen molar-refractivity contribution in [2.75, 3.05) is 52.0 Å². The van der Waals surface area contributed by atoms with Crippen molar-refractivity contribution in [3.05, 3.63) is 70.8 Å². The number of rotatable bonds is 20. The van der Waals surface area contributed by atoms with E-state index in [1.165, 1.54) is 0 Å². The topological polar surface area (TPSA) is 209 Å². The van der Waals surface area contributed by atoms with Crippen LogP contribution in [-0.4, -0.2) is 156 Å². The summed E-state index contributed by atoms with van der Waals surface area (Å²) in [5.74, 6) is 0.0402. The highest BCUT2D eigenvalue weighted by Crippen LogP contribution is 2.48. The van der Waals surface area contributed by atoms with Crippen molar-refractivity contribution < 1.29 is 43.0 Å². The molecule has 4 fully saturated rings. The van der Waals surface area contributed by atoms with Gasteiger partial charge in [0.15, 0.2) is 0 Å². The van der Waals surface area contributed by atoms with Crippen LogP contribution in [0, 0.1) is 10.8 Å². The fraction of sp³-hybridized carbons (Fsp3) is 0.667. The molecule has 4 aliphatic heterocycles. The predicted molar refractivity (Wildman–Crippen MR) is 282 cm³/mol. The Labute approximate surface area is 439 Å². The standard InChI is InChI=1S/C54H78N8O9S2/c1-31(55-7)47(63)57-37-19-25-72-41-29-53(3,4)45(61(41)51(37)67)49(65)59-43-35-17-11-9-15-33(35)27-39(43)70-23-13-21-69-22-14-24-71-40-28-34-16-10-12-18-36(34)44(40)60-50(66)46-54(5,6)30-42-62(46)52(68)38(20-26-73-42)58-48(64)32(2)56-8/h9-12,15-18,31-32,37-46,55-56H,13-14,19-30H2,1-8H3,(H,57,63)(H,58,64)(H,59,65)(H,60,66)/t31-,32-,37-,38?,39+,40+,41-,42-,43-,44-,45+,46+/m0/s1. The normalized spacial score (nSPS) is 29.8. The number of benzene rings is 2. The molecule has 400 valence electrons. The summed E-state index contributed by atoms with van der Waals surface area (Å²) in [5.41, 5.74) is 3.26. The zero-order chi connectivity index (χ0) is 52.2. The van der Waals surface area contributed by atoms with E-state index in [1.807, 2.05) is 64.1 Å². The molecule has 0 bridgehead atoms. The molecule has 2 aromatic carbocycles. The van der Waals surface area contributed by atoms with Crippen LogP contribution in [0.2, 0.25) is 0 Å². The van der Waals surface area contributed by atoms with Crippen molar-refractivity contribution in [2.45, 2.75) is 164 Å². The van der Waals surface area contributed by atoms with Gasteiger partial charge in [0.2, 0.25) is 35.4 Å². The third-order valence-electron chi connectivity index (χ3n) is 15.9. The lowest BCUT2D eigenvalue weighted by molar-refractivity contribution is -0.144. The van der Waals surface area contributed by atoms with Gasteiger partial charge in [-0.3, -0.25) is 28.8 Å². The smallest absolute Gasteiger partial charge is 0.246 e. The summed E-state index contributed by atoms with van der Waals surface area (Å²) in [6, 6.07) is 11.6. The first-order chi connectivity index (χ1) is 34.9. The minimum Gasteiger partial charge on any atom is -0.381 e. The van der Waals surface area contributed by atoms with Crippen molar-refractivity contribution >= 4 is 59.0 Å². The van der Waals surface area contributed by atoms with Gasteiger partial charge >= 0.3 is 0 Å². The average Bonchev–Trinajstić information content (AvgIpc) is 4.01. The number of amides is 6. The van der Waals surface area contributed by atoms with Gasteiger partial charge in [0.05, 0.1) is 47.1 Å². The maximum atomic E-state index is 14.5. The second-order valence-corrected chi connectivity index (χ2v) is 24.5. The van der Waals surface area contributed by atoms with E-state index in [0.29, 0.717) is 89.3 Å².